The number of sulfonamides is 1. The average Bonchev–Trinajstić information content (AvgIpc) is 2.48. The van der Waals surface area contributed by atoms with Crippen molar-refractivity contribution in [2.75, 3.05) is 11.8 Å². The van der Waals surface area contributed by atoms with Crippen molar-refractivity contribution in [3.63, 3.8) is 0 Å². The first kappa shape index (κ1) is 15.3. The van der Waals surface area contributed by atoms with Crippen LogP contribution in [0, 0.1) is 6.92 Å². The number of aliphatic hydroxyl groups excluding tert-OH is 1. The van der Waals surface area contributed by atoms with Crippen LogP contribution in [0.3, 0.4) is 0 Å². The molecule has 21 heavy (non-hydrogen) atoms. The highest BCUT2D eigenvalue weighted by Crippen LogP contribution is 2.22. The molecule has 112 valence electrons. The molecule has 5 nitrogen and oxygen atoms in total. The third-order valence-corrected chi connectivity index (χ3v) is 4.59. The van der Waals surface area contributed by atoms with E-state index in [9.17, 15) is 8.42 Å². The van der Waals surface area contributed by atoms with E-state index in [4.69, 9.17) is 9.84 Å². The fraction of sp³-hybridized carbons (Fsp3) is 0.200. The average molecular weight is 307 g/mol. The van der Waals surface area contributed by atoms with Gasteiger partial charge in [0, 0.05) is 5.69 Å². The predicted molar refractivity (Wildman–Crippen MR) is 80.9 cm³/mol. The quantitative estimate of drug-likeness (QED) is 0.888. The van der Waals surface area contributed by atoms with Gasteiger partial charge in [-0.25, -0.2) is 8.42 Å². The zero-order valence-electron chi connectivity index (χ0n) is 11.8. The summed E-state index contributed by atoms with van der Waals surface area (Å²) in [6.07, 6.45) is 0. The van der Waals surface area contributed by atoms with Gasteiger partial charge in [0.1, 0.15) is 5.75 Å². The first-order valence-electron chi connectivity index (χ1n) is 6.33. The lowest BCUT2D eigenvalue weighted by molar-refractivity contribution is 0.281. The van der Waals surface area contributed by atoms with Crippen LogP contribution in [0.15, 0.2) is 47.4 Å². The number of methoxy groups -OCH3 is 1. The van der Waals surface area contributed by atoms with Crippen LogP contribution in [0.1, 0.15) is 11.1 Å². The van der Waals surface area contributed by atoms with Crippen LogP contribution >= 0.6 is 0 Å². The van der Waals surface area contributed by atoms with Crippen LogP contribution in [-0.2, 0) is 16.6 Å². The lowest BCUT2D eigenvalue weighted by Crippen LogP contribution is -2.14. The SMILES string of the molecule is COc1ccc(NS(=O)(=O)c2cc(CO)ccc2C)cc1. The summed E-state index contributed by atoms with van der Waals surface area (Å²) in [5.41, 5.74) is 1.62. The maximum Gasteiger partial charge on any atom is 0.262 e. The number of rotatable bonds is 5. The molecule has 6 heteroatoms. The molecule has 0 saturated carbocycles. The van der Waals surface area contributed by atoms with Gasteiger partial charge < -0.3 is 9.84 Å². The molecule has 0 aliphatic rings. The predicted octanol–water partition coefficient (Wildman–Crippen LogP) is 2.30. The molecule has 2 aromatic rings. The van der Waals surface area contributed by atoms with Gasteiger partial charge in [-0.15, -0.1) is 0 Å². The molecular weight excluding hydrogens is 290 g/mol. The minimum absolute atomic E-state index is 0.157. The van der Waals surface area contributed by atoms with Crippen molar-refractivity contribution >= 4 is 15.7 Å². The minimum atomic E-state index is -3.70. The fourth-order valence-corrected chi connectivity index (χ4v) is 3.26. The smallest absolute Gasteiger partial charge is 0.262 e. The van der Waals surface area contributed by atoms with Crippen molar-refractivity contribution < 1.29 is 18.3 Å². The highest BCUT2D eigenvalue weighted by atomic mass is 32.2. The number of benzene rings is 2. The van der Waals surface area contributed by atoms with E-state index in [0.717, 1.165) is 0 Å². The third kappa shape index (κ3) is 3.53. The third-order valence-electron chi connectivity index (χ3n) is 3.07. The molecule has 0 atom stereocenters. The summed E-state index contributed by atoms with van der Waals surface area (Å²) in [6.45, 7) is 1.51. The van der Waals surface area contributed by atoms with Crippen LogP contribution in [-0.4, -0.2) is 20.6 Å². The van der Waals surface area contributed by atoms with Crippen LogP contribution in [0.2, 0.25) is 0 Å². The number of ether oxygens (including phenoxy) is 1. The van der Waals surface area contributed by atoms with E-state index in [1.165, 1.54) is 6.07 Å². The molecule has 0 heterocycles. The molecule has 0 amide bonds. The van der Waals surface area contributed by atoms with Gasteiger partial charge in [0.25, 0.3) is 10.0 Å². The Morgan fingerprint density at radius 2 is 1.81 bits per heavy atom. The summed E-state index contributed by atoms with van der Waals surface area (Å²) >= 11 is 0. The van der Waals surface area contributed by atoms with Crippen LogP contribution in [0.25, 0.3) is 0 Å². The Balaban J connectivity index is 2.33. The van der Waals surface area contributed by atoms with Crippen molar-refractivity contribution in [2.24, 2.45) is 0 Å². The van der Waals surface area contributed by atoms with E-state index in [1.807, 2.05) is 0 Å². The number of anilines is 1. The van der Waals surface area contributed by atoms with Crippen molar-refractivity contribution in [3.05, 3.63) is 53.6 Å². The second kappa shape index (κ2) is 6.15. The second-order valence-electron chi connectivity index (χ2n) is 4.59. The molecule has 2 N–H and O–H groups in total. The largest absolute Gasteiger partial charge is 0.497 e. The summed E-state index contributed by atoms with van der Waals surface area (Å²) in [4.78, 5) is 0.157. The van der Waals surface area contributed by atoms with Gasteiger partial charge in [-0.3, -0.25) is 4.72 Å². The highest BCUT2D eigenvalue weighted by Gasteiger charge is 2.17. The number of nitrogens with one attached hydrogen (secondary N) is 1. The lowest BCUT2D eigenvalue weighted by Gasteiger charge is -2.12. The van der Waals surface area contributed by atoms with Crippen molar-refractivity contribution in [2.45, 2.75) is 18.4 Å². The Hall–Kier alpha value is -2.05. The van der Waals surface area contributed by atoms with E-state index in [-0.39, 0.29) is 11.5 Å². The van der Waals surface area contributed by atoms with Gasteiger partial charge in [0.05, 0.1) is 18.6 Å². The van der Waals surface area contributed by atoms with Crippen LogP contribution in [0.5, 0.6) is 5.75 Å². The fourth-order valence-electron chi connectivity index (χ4n) is 1.90. The van der Waals surface area contributed by atoms with E-state index in [2.05, 4.69) is 4.72 Å². The van der Waals surface area contributed by atoms with E-state index in [1.54, 1.807) is 50.4 Å². The molecule has 2 rings (SSSR count). The van der Waals surface area contributed by atoms with E-state index in [0.29, 0.717) is 22.6 Å². The Bertz CT molecular complexity index is 724. The summed E-state index contributed by atoms with van der Waals surface area (Å²) in [5, 5.41) is 9.14. The molecule has 0 unspecified atom stereocenters. The molecule has 0 fully saturated rings. The van der Waals surface area contributed by atoms with Gasteiger partial charge in [0.15, 0.2) is 0 Å². The maximum absolute atomic E-state index is 12.4. The lowest BCUT2D eigenvalue weighted by atomic mass is 10.2. The maximum atomic E-state index is 12.4. The summed E-state index contributed by atoms with van der Waals surface area (Å²) in [5.74, 6) is 0.649. The zero-order chi connectivity index (χ0) is 15.5. The zero-order valence-corrected chi connectivity index (χ0v) is 12.6. The summed E-state index contributed by atoms with van der Waals surface area (Å²) in [7, 11) is -2.15. The number of hydrogen-bond donors (Lipinski definition) is 2. The molecule has 0 aliphatic carbocycles. The van der Waals surface area contributed by atoms with E-state index >= 15 is 0 Å². The van der Waals surface area contributed by atoms with Gasteiger partial charge in [0.2, 0.25) is 0 Å². The minimum Gasteiger partial charge on any atom is -0.497 e. The Kier molecular flexibility index (Phi) is 4.50. The first-order valence-corrected chi connectivity index (χ1v) is 7.82. The van der Waals surface area contributed by atoms with Crippen molar-refractivity contribution in [1.29, 1.82) is 0 Å². The summed E-state index contributed by atoms with van der Waals surface area (Å²) < 4.78 is 32.4. The normalized spacial score (nSPS) is 11.2. The standard InChI is InChI=1S/C15H17NO4S/c1-11-3-4-12(10-17)9-15(11)21(18,19)16-13-5-7-14(20-2)8-6-13/h3-9,16-17H,10H2,1-2H3. The molecule has 0 spiro atoms. The highest BCUT2D eigenvalue weighted by molar-refractivity contribution is 7.92. The van der Waals surface area contributed by atoms with Crippen LogP contribution < -0.4 is 9.46 Å². The van der Waals surface area contributed by atoms with Crippen molar-refractivity contribution in [1.82, 2.24) is 0 Å². The Labute approximate surface area is 124 Å². The molecule has 0 bridgehead atoms. The molecule has 0 radical (unpaired) electrons. The van der Waals surface area contributed by atoms with Gasteiger partial charge in [-0.1, -0.05) is 12.1 Å². The Morgan fingerprint density at radius 1 is 1.14 bits per heavy atom. The number of aryl methyl sites for hydroxylation is 1. The van der Waals surface area contributed by atoms with E-state index < -0.39 is 10.0 Å². The van der Waals surface area contributed by atoms with Gasteiger partial charge in [-0.2, -0.15) is 0 Å². The molecule has 0 aromatic heterocycles. The van der Waals surface area contributed by atoms with Crippen LogP contribution in [0.4, 0.5) is 5.69 Å². The molecular formula is C15H17NO4S. The summed E-state index contributed by atoms with van der Waals surface area (Å²) in [6, 6.07) is 11.4. The molecule has 2 aromatic carbocycles. The first-order chi connectivity index (χ1) is 9.96. The van der Waals surface area contributed by atoms with Gasteiger partial charge in [-0.05, 0) is 48.4 Å². The second-order valence-corrected chi connectivity index (χ2v) is 6.24. The van der Waals surface area contributed by atoms with Gasteiger partial charge >= 0.3 is 0 Å². The monoisotopic (exact) mass is 307 g/mol. The Morgan fingerprint density at radius 3 is 2.38 bits per heavy atom. The van der Waals surface area contributed by atoms with Crippen molar-refractivity contribution in [3.8, 4) is 5.75 Å². The number of aliphatic hydroxyl groups is 1. The topological polar surface area (TPSA) is 75.6 Å². The number of hydrogen-bond acceptors (Lipinski definition) is 4. The molecule has 0 saturated heterocycles. The molecule has 0 aliphatic heterocycles.